The van der Waals surface area contributed by atoms with Gasteiger partial charge >= 0.3 is 7.82 Å². The number of nitrogens with zero attached hydrogens (tertiary/aromatic N) is 5. The maximum absolute atomic E-state index is 14.6. The molecule has 6 N–H and O–H groups in total. The molecule has 2 aliphatic rings. The number of hydrogen-bond donors (Lipinski definition) is 5. The Kier molecular flexibility index (Phi) is 8.89. The van der Waals surface area contributed by atoms with Gasteiger partial charge in [0.05, 0.1) is 25.1 Å². The molecular formula is C24H30FN8O7P. The molecular weight excluding hydrogens is 562 g/mol. The van der Waals surface area contributed by atoms with Crippen molar-refractivity contribution in [3.63, 3.8) is 0 Å². The third-order valence-corrected chi connectivity index (χ3v) is 6.33. The molecule has 41 heavy (non-hydrogen) atoms. The van der Waals surface area contributed by atoms with Crippen molar-refractivity contribution in [2.75, 3.05) is 48.6 Å². The molecule has 0 unspecified atom stereocenters. The van der Waals surface area contributed by atoms with Crippen LogP contribution < -0.4 is 26.0 Å². The summed E-state index contributed by atoms with van der Waals surface area (Å²) < 4.78 is 41.5. The van der Waals surface area contributed by atoms with E-state index in [1.165, 1.54) is 32.2 Å². The highest BCUT2D eigenvalue weighted by Gasteiger charge is 2.42. The molecule has 0 bridgehead atoms. The SMILES string of the molecule is C=C(/C=C\C(=C/N)Nc1ncc(F)c(Nc2ccc3c(n2)N(COP(=O)(O)O)C(=O)C(C)(C)O3)n1)N1CCOCC1. The van der Waals surface area contributed by atoms with Gasteiger partial charge in [0.1, 0.15) is 12.5 Å². The lowest BCUT2D eigenvalue weighted by Gasteiger charge is -2.37. The van der Waals surface area contributed by atoms with E-state index in [9.17, 15) is 13.8 Å². The number of pyridine rings is 1. The van der Waals surface area contributed by atoms with E-state index in [0.717, 1.165) is 29.9 Å². The number of carbonyl (C=O) groups is 1. The average molecular weight is 593 g/mol. The molecule has 15 nitrogen and oxygen atoms in total. The quantitative estimate of drug-likeness (QED) is 0.198. The third kappa shape index (κ3) is 7.56. The average Bonchev–Trinajstić information content (AvgIpc) is 2.93. The second-order valence-electron chi connectivity index (χ2n) is 9.30. The third-order valence-electron chi connectivity index (χ3n) is 5.87. The number of morpholine rings is 1. The van der Waals surface area contributed by atoms with E-state index >= 15 is 0 Å². The Balaban J connectivity index is 1.52. The number of nitrogens with two attached hydrogens (primary N) is 1. The predicted molar refractivity (Wildman–Crippen MR) is 146 cm³/mol. The lowest BCUT2D eigenvalue weighted by Crippen LogP contribution is -2.53. The van der Waals surface area contributed by atoms with E-state index < -0.39 is 31.9 Å². The van der Waals surface area contributed by atoms with Crippen molar-refractivity contribution in [3.05, 3.63) is 60.5 Å². The van der Waals surface area contributed by atoms with Gasteiger partial charge in [0.25, 0.3) is 5.91 Å². The molecule has 0 radical (unpaired) electrons. The van der Waals surface area contributed by atoms with Crippen LogP contribution in [0.5, 0.6) is 5.75 Å². The predicted octanol–water partition coefficient (Wildman–Crippen LogP) is 1.94. The monoisotopic (exact) mass is 592 g/mol. The van der Waals surface area contributed by atoms with Gasteiger partial charge < -0.3 is 40.5 Å². The van der Waals surface area contributed by atoms with Gasteiger partial charge in [-0.3, -0.25) is 14.2 Å². The lowest BCUT2D eigenvalue weighted by molar-refractivity contribution is -0.133. The van der Waals surface area contributed by atoms with Crippen molar-refractivity contribution >= 4 is 37.1 Å². The zero-order valence-electron chi connectivity index (χ0n) is 22.3. The van der Waals surface area contributed by atoms with Crippen LogP contribution in [0.15, 0.2) is 54.7 Å². The molecule has 0 aromatic carbocycles. The minimum atomic E-state index is -4.91. The molecule has 17 heteroatoms. The Bertz CT molecular complexity index is 1420. The molecule has 0 atom stereocenters. The summed E-state index contributed by atoms with van der Waals surface area (Å²) in [4.78, 5) is 46.5. The fraction of sp³-hybridized carbons (Fsp3) is 0.333. The van der Waals surface area contributed by atoms with Crippen LogP contribution in [0.2, 0.25) is 0 Å². The molecule has 1 amide bonds. The van der Waals surface area contributed by atoms with Crippen molar-refractivity contribution in [1.29, 1.82) is 0 Å². The smallest absolute Gasteiger partial charge is 0.471 e. The van der Waals surface area contributed by atoms with Crippen LogP contribution in [-0.2, 0) is 18.6 Å². The van der Waals surface area contributed by atoms with Crippen molar-refractivity contribution in [2.45, 2.75) is 19.4 Å². The number of allylic oxidation sites excluding steroid dienone is 2. The first kappa shape index (κ1) is 29.9. The van der Waals surface area contributed by atoms with Gasteiger partial charge in [0.2, 0.25) is 5.95 Å². The molecule has 0 aliphatic carbocycles. The normalized spacial score (nSPS) is 17.3. The fourth-order valence-electron chi connectivity index (χ4n) is 3.82. The molecule has 1 saturated heterocycles. The summed E-state index contributed by atoms with van der Waals surface area (Å²) in [5.74, 6) is -1.62. The second-order valence-corrected chi connectivity index (χ2v) is 10.5. The number of carbonyl (C=O) groups excluding carboxylic acids is 1. The van der Waals surface area contributed by atoms with E-state index in [2.05, 4.69) is 41.6 Å². The number of aromatic nitrogens is 3. The molecule has 0 saturated carbocycles. The number of phosphoric ester groups is 1. The largest absolute Gasteiger partial charge is 0.474 e. The summed E-state index contributed by atoms with van der Waals surface area (Å²) in [6.45, 7) is 8.89. The van der Waals surface area contributed by atoms with Crippen molar-refractivity contribution < 1.29 is 37.5 Å². The number of hydrogen-bond acceptors (Lipinski definition) is 12. The molecule has 0 spiro atoms. The van der Waals surface area contributed by atoms with Gasteiger partial charge in [-0.1, -0.05) is 6.58 Å². The first-order valence-corrected chi connectivity index (χ1v) is 13.8. The van der Waals surface area contributed by atoms with E-state index in [1.54, 1.807) is 12.2 Å². The highest BCUT2D eigenvalue weighted by molar-refractivity contribution is 7.46. The van der Waals surface area contributed by atoms with Crippen LogP contribution in [0.1, 0.15) is 13.8 Å². The van der Waals surface area contributed by atoms with Crippen molar-refractivity contribution in [3.8, 4) is 5.75 Å². The summed E-state index contributed by atoms with van der Waals surface area (Å²) >= 11 is 0. The van der Waals surface area contributed by atoms with Crippen LogP contribution >= 0.6 is 7.82 Å². The Morgan fingerprint density at radius 1 is 1.29 bits per heavy atom. The van der Waals surface area contributed by atoms with Crippen LogP contribution in [-0.4, -0.2) is 74.2 Å². The molecule has 4 heterocycles. The van der Waals surface area contributed by atoms with Gasteiger partial charge in [-0.15, -0.1) is 0 Å². The molecule has 4 rings (SSSR count). The fourth-order valence-corrected chi connectivity index (χ4v) is 4.08. The summed E-state index contributed by atoms with van der Waals surface area (Å²) in [7, 11) is -4.91. The molecule has 2 aliphatic heterocycles. The standard InChI is InChI=1S/C24H30FN8O7P/c1-15(32-8-10-38-11-9-32)4-5-16(12-26)28-23-27-13-17(25)20(31-23)29-19-7-6-18-21(30-19)33(14-39-41(35,36)37)22(34)24(2,3)40-18/h4-7,12-13H,1,8-11,14,26H2,2-3H3,(H2,35,36,37)(H2,27,28,29,30,31)/b5-4-,16-12+. The van der Waals surface area contributed by atoms with E-state index in [1.807, 2.05) is 0 Å². The number of amides is 1. The number of phosphoric acid groups is 1. The Hall–Kier alpha value is -4.08. The Morgan fingerprint density at radius 2 is 2.02 bits per heavy atom. The Labute approximate surface area is 234 Å². The van der Waals surface area contributed by atoms with Crippen LogP contribution in [0.25, 0.3) is 0 Å². The van der Waals surface area contributed by atoms with Crippen LogP contribution in [0, 0.1) is 5.82 Å². The maximum Gasteiger partial charge on any atom is 0.471 e. The summed E-state index contributed by atoms with van der Waals surface area (Å²) in [5.41, 5.74) is 5.56. The molecule has 2 aromatic heterocycles. The van der Waals surface area contributed by atoms with Crippen molar-refractivity contribution in [1.82, 2.24) is 19.9 Å². The molecule has 2 aromatic rings. The number of nitrogens with one attached hydrogen (secondary N) is 2. The second kappa shape index (κ2) is 12.2. The highest BCUT2D eigenvalue weighted by atomic mass is 31.2. The van der Waals surface area contributed by atoms with Gasteiger partial charge in [-0.05, 0) is 38.1 Å². The van der Waals surface area contributed by atoms with E-state index in [-0.39, 0.29) is 29.2 Å². The lowest BCUT2D eigenvalue weighted by atomic mass is 10.1. The molecule has 1 fully saturated rings. The summed E-state index contributed by atoms with van der Waals surface area (Å²) in [5, 5.41) is 5.60. The number of anilines is 4. The minimum absolute atomic E-state index is 0.0159. The van der Waals surface area contributed by atoms with Gasteiger partial charge in [0.15, 0.2) is 28.8 Å². The van der Waals surface area contributed by atoms with Crippen molar-refractivity contribution in [2.24, 2.45) is 5.73 Å². The number of fused-ring (bicyclic) bond motifs is 1. The van der Waals surface area contributed by atoms with Crippen LogP contribution in [0.4, 0.5) is 27.8 Å². The zero-order valence-corrected chi connectivity index (χ0v) is 23.2. The highest BCUT2D eigenvalue weighted by Crippen LogP contribution is 2.41. The molecule has 220 valence electrons. The number of ether oxygens (including phenoxy) is 2. The first-order valence-electron chi connectivity index (χ1n) is 12.3. The van der Waals surface area contributed by atoms with Gasteiger partial charge in [0, 0.05) is 25.0 Å². The van der Waals surface area contributed by atoms with Crippen LogP contribution in [0.3, 0.4) is 0 Å². The number of halogens is 1. The minimum Gasteiger partial charge on any atom is -0.474 e. The van der Waals surface area contributed by atoms with Gasteiger partial charge in [-0.25, -0.2) is 18.9 Å². The number of rotatable bonds is 10. The van der Waals surface area contributed by atoms with E-state index in [4.69, 9.17) is 25.0 Å². The summed E-state index contributed by atoms with van der Waals surface area (Å²) in [6.07, 6.45) is 5.68. The Morgan fingerprint density at radius 3 is 2.71 bits per heavy atom. The zero-order chi connectivity index (χ0) is 29.8. The van der Waals surface area contributed by atoms with E-state index in [0.29, 0.717) is 18.9 Å². The topological polar surface area (TPSA) is 198 Å². The summed E-state index contributed by atoms with van der Waals surface area (Å²) in [6, 6.07) is 2.91. The van der Waals surface area contributed by atoms with Gasteiger partial charge in [-0.2, -0.15) is 4.98 Å². The first-order chi connectivity index (χ1) is 19.4. The maximum atomic E-state index is 14.6.